The first kappa shape index (κ1) is 20.4. The highest BCUT2D eigenvalue weighted by molar-refractivity contribution is 5.89. The number of allylic oxidation sites excluding steroid dienone is 2. The van der Waals surface area contributed by atoms with E-state index < -0.39 is 0 Å². The highest BCUT2D eigenvalue weighted by atomic mass is 16.1. The number of carbonyl (C=O) groups excluding carboxylic acids is 1. The van der Waals surface area contributed by atoms with Crippen molar-refractivity contribution < 1.29 is 4.79 Å². The fourth-order valence-corrected chi connectivity index (χ4v) is 2.91. The predicted molar refractivity (Wildman–Crippen MR) is 93.7 cm³/mol. The molecular formula is C19H37NO. The third kappa shape index (κ3) is 9.08. The smallest absolute Gasteiger partial charge is 0.155 e. The Morgan fingerprint density at radius 2 is 1.62 bits per heavy atom. The highest BCUT2D eigenvalue weighted by Crippen LogP contribution is 2.21. The third-order valence-electron chi connectivity index (χ3n) is 3.86. The summed E-state index contributed by atoms with van der Waals surface area (Å²) < 4.78 is 0. The van der Waals surface area contributed by atoms with Crippen molar-refractivity contribution in [3.8, 4) is 0 Å². The summed E-state index contributed by atoms with van der Waals surface area (Å²) in [4.78, 5) is 12.5. The van der Waals surface area contributed by atoms with E-state index in [-0.39, 0.29) is 11.5 Å². The van der Waals surface area contributed by atoms with Crippen LogP contribution in [0.4, 0.5) is 0 Å². The second kappa shape index (κ2) is 10.2. The maximum absolute atomic E-state index is 12.5. The van der Waals surface area contributed by atoms with Gasteiger partial charge in [0.1, 0.15) is 0 Å². The molecule has 2 nitrogen and oxygen atoms in total. The summed E-state index contributed by atoms with van der Waals surface area (Å²) in [6, 6.07) is 0.343. The van der Waals surface area contributed by atoms with Gasteiger partial charge in [-0.3, -0.25) is 4.79 Å². The Morgan fingerprint density at radius 3 is 2.10 bits per heavy atom. The molecule has 0 saturated carbocycles. The monoisotopic (exact) mass is 295 g/mol. The summed E-state index contributed by atoms with van der Waals surface area (Å²) in [6.45, 7) is 14.6. The summed E-state index contributed by atoms with van der Waals surface area (Å²) in [5.41, 5.74) is 1.05. The van der Waals surface area contributed by atoms with Gasteiger partial charge >= 0.3 is 0 Å². The highest BCUT2D eigenvalue weighted by Gasteiger charge is 2.34. The van der Waals surface area contributed by atoms with E-state index in [1.54, 1.807) is 0 Å². The molecule has 0 aliphatic heterocycles. The molecule has 0 aliphatic rings. The van der Waals surface area contributed by atoms with Crippen molar-refractivity contribution in [1.82, 2.24) is 5.32 Å². The van der Waals surface area contributed by atoms with Crippen LogP contribution in [0.25, 0.3) is 0 Å². The van der Waals surface area contributed by atoms with E-state index in [0.29, 0.717) is 11.8 Å². The standard InChI is InChI=1S/C19H37NO/c1-15(2)13-11-9-8-10-12-14-19(7,20-17(5)6)18(21)16(3)4/h13,16-17,20H,8-12,14H2,1-7H3/t19-/m0/s1. The zero-order valence-electron chi connectivity index (χ0n) is 15.4. The molecule has 0 rings (SSSR count). The molecule has 0 bridgehead atoms. The Kier molecular flexibility index (Phi) is 9.85. The van der Waals surface area contributed by atoms with E-state index in [1.165, 1.54) is 31.3 Å². The van der Waals surface area contributed by atoms with Crippen LogP contribution >= 0.6 is 0 Å². The maximum atomic E-state index is 12.5. The van der Waals surface area contributed by atoms with E-state index in [9.17, 15) is 4.79 Å². The van der Waals surface area contributed by atoms with Gasteiger partial charge in [0.05, 0.1) is 5.54 Å². The maximum Gasteiger partial charge on any atom is 0.155 e. The minimum absolute atomic E-state index is 0.0962. The van der Waals surface area contributed by atoms with Gasteiger partial charge < -0.3 is 5.32 Å². The van der Waals surface area contributed by atoms with Crippen molar-refractivity contribution in [3.05, 3.63) is 11.6 Å². The number of nitrogens with one attached hydrogen (secondary N) is 1. The molecule has 1 N–H and O–H groups in total. The Bertz CT molecular complexity index is 326. The zero-order chi connectivity index (χ0) is 16.5. The van der Waals surface area contributed by atoms with Crippen molar-refractivity contribution in [2.24, 2.45) is 5.92 Å². The van der Waals surface area contributed by atoms with Crippen LogP contribution in [0.5, 0.6) is 0 Å². The minimum atomic E-state index is -0.359. The van der Waals surface area contributed by atoms with Gasteiger partial charge in [0.2, 0.25) is 0 Å². The quantitative estimate of drug-likeness (QED) is 0.415. The summed E-state index contributed by atoms with van der Waals surface area (Å²) in [6.07, 6.45) is 9.32. The first-order chi connectivity index (χ1) is 9.69. The van der Waals surface area contributed by atoms with Crippen molar-refractivity contribution in [2.45, 2.75) is 98.6 Å². The van der Waals surface area contributed by atoms with Crippen LogP contribution in [0.15, 0.2) is 11.6 Å². The molecule has 0 saturated heterocycles. The van der Waals surface area contributed by atoms with Gasteiger partial charge in [0, 0.05) is 12.0 Å². The average Bonchev–Trinajstić information content (AvgIpc) is 2.35. The Balaban J connectivity index is 4.20. The van der Waals surface area contributed by atoms with E-state index in [1.807, 2.05) is 13.8 Å². The van der Waals surface area contributed by atoms with Gasteiger partial charge in [-0.1, -0.05) is 44.8 Å². The summed E-state index contributed by atoms with van der Waals surface area (Å²) >= 11 is 0. The van der Waals surface area contributed by atoms with Gasteiger partial charge in [0.25, 0.3) is 0 Å². The molecule has 0 radical (unpaired) electrons. The Labute approximate surface area is 132 Å². The molecule has 124 valence electrons. The molecule has 0 spiro atoms. The van der Waals surface area contributed by atoms with Crippen molar-refractivity contribution in [2.75, 3.05) is 0 Å². The average molecular weight is 296 g/mol. The van der Waals surface area contributed by atoms with Gasteiger partial charge in [-0.05, 0) is 53.9 Å². The fraction of sp³-hybridized carbons (Fsp3) is 0.842. The number of unbranched alkanes of at least 4 members (excludes halogenated alkanes) is 4. The van der Waals surface area contributed by atoms with Crippen molar-refractivity contribution >= 4 is 5.78 Å². The van der Waals surface area contributed by atoms with Gasteiger partial charge in [-0.2, -0.15) is 0 Å². The van der Waals surface area contributed by atoms with Gasteiger partial charge in [-0.25, -0.2) is 0 Å². The topological polar surface area (TPSA) is 29.1 Å². The van der Waals surface area contributed by atoms with Crippen LogP contribution < -0.4 is 5.32 Å². The van der Waals surface area contributed by atoms with E-state index in [4.69, 9.17) is 0 Å². The van der Waals surface area contributed by atoms with Crippen LogP contribution in [0.2, 0.25) is 0 Å². The number of rotatable bonds is 11. The van der Waals surface area contributed by atoms with Crippen molar-refractivity contribution in [3.63, 3.8) is 0 Å². The number of ketones is 1. The first-order valence-electron chi connectivity index (χ1n) is 8.64. The molecule has 0 fully saturated rings. The van der Waals surface area contributed by atoms with E-state index >= 15 is 0 Å². The molecule has 0 aromatic heterocycles. The lowest BCUT2D eigenvalue weighted by molar-refractivity contribution is -0.128. The summed E-state index contributed by atoms with van der Waals surface area (Å²) in [7, 11) is 0. The summed E-state index contributed by atoms with van der Waals surface area (Å²) in [5, 5.41) is 3.50. The van der Waals surface area contributed by atoms with E-state index in [2.05, 4.69) is 46.0 Å². The molecule has 0 aromatic carbocycles. The van der Waals surface area contributed by atoms with Crippen LogP contribution in [0.1, 0.15) is 87.0 Å². The van der Waals surface area contributed by atoms with Gasteiger partial charge in [-0.15, -0.1) is 0 Å². The van der Waals surface area contributed by atoms with Crippen LogP contribution in [0.3, 0.4) is 0 Å². The molecule has 2 heteroatoms. The molecule has 0 aromatic rings. The molecule has 21 heavy (non-hydrogen) atoms. The number of hydrogen-bond acceptors (Lipinski definition) is 2. The number of carbonyl (C=O) groups is 1. The lowest BCUT2D eigenvalue weighted by Gasteiger charge is -2.33. The SMILES string of the molecule is CC(C)=CCCCCCC[C@](C)(NC(C)C)C(=O)C(C)C. The van der Waals surface area contributed by atoms with Crippen LogP contribution in [0, 0.1) is 5.92 Å². The lowest BCUT2D eigenvalue weighted by Crippen LogP contribution is -2.53. The number of hydrogen-bond donors (Lipinski definition) is 1. The Morgan fingerprint density at radius 1 is 1.05 bits per heavy atom. The third-order valence-corrected chi connectivity index (χ3v) is 3.86. The molecule has 0 amide bonds. The Hall–Kier alpha value is -0.630. The fourth-order valence-electron chi connectivity index (χ4n) is 2.91. The lowest BCUT2D eigenvalue weighted by atomic mass is 9.83. The molecular weight excluding hydrogens is 258 g/mol. The second-order valence-electron chi connectivity index (χ2n) is 7.38. The molecule has 0 unspecified atom stereocenters. The van der Waals surface area contributed by atoms with E-state index in [0.717, 1.165) is 12.8 Å². The number of Topliss-reactive ketones (excluding diaryl/α,β-unsaturated/α-hetero) is 1. The minimum Gasteiger partial charge on any atom is -0.303 e. The first-order valence-corrected chi connectivity index (χ1v) is 8.64. The molecule has 1 atom stereocenters. The predicted octanol–water partition coefficient (Wildman–Crippen LogP) is 5.28. The second-order valence-corrected chi connectivity index (χ2v) is 7.38. The van der Waals surface area contributed by atoms with Crippen LogP contribution in [-0.2, 0) is 4.79 Å². The zero-order valence-corrected chi connectivity index (χ0v) is 15.4. The molecule has 0 heterocycles. The largest absolute Gasteiger partial charge is 0.303 e. The summed E-state index contributed by atoms with van der Waals surface area (Å²) in [5.74, 6) is 0.444. The van der Waals surface area contributed by atoms with Crippen LogP contribution in [-0.4, -0.2) is 17.4 Å². The molecule has 0 aliphatic carbocycles. The normalized spacial score (nSPS) is 14.3. The van der Waals surface area contributed by atoms with Gasteiger partial charge in [0.15, 0.2) is 5.78 Å². The van der Waals surface area contributed by atoms with Crippen molar-refractivity contribution in [1.29, 1.82) is 0 Å².